The Morgan fingerprint density at radius 2 is 1.87 bits per heavy atom. The molecule has 1 saturated heterocycles. The highest BCUT2D eigenvalue weighted by atomic mass is 32.2. The molecule has 1 fully saturated rings. The van der Waals surface area contributed by atoms with Crippen molar-refractivity contribution in [3.8, 4) is 0 Å². The van der Waals surface area contributed by atoms with Gasteiger partial charge in [0.2, 0.25) is 5.91 Å². The molecule has 0 radical (unpaired) electrons. The van der Waals surface area contributed by atoms with E-state index in [1.807, 2.05) is 6.92 Å². The van der Waals surface area contributed by atoms with Gasteiger partial charge in [-0.1, -0.05) is 17.7 Å². The number of rotatable bonds is 7. The molecule has 23 heavy (non-hydrogen) atoms. The van der Waals surface area contributed by atoms with Crippen molar-refractivity contribution in [2.24, 2.45) is 0 Å². The molecule has 0 aromatic heterocycles. The zero-order valence-electron chi connectivity index (χ0n) is 13.5. The van der Waals surface area contributed by atoms with E-state index in [1.165, 1.54) is 4.90 Å². The molecule has 0 bridgehead atoms. The number of sulfone groups is 1. The number of hydrogen-bond donors (Lipinski definition) is 2. The summed E-state index contributed by atoms with van der Waals surface area (Å²) >= 11 is 0. The molecule has 1 aromatic rings. The molecule has 1 heterocycles. The third-order valence-electron chi connectivity index (χ3n) is 3.98. The van der Waals surface area contributed by atoms with Gasteiger partial charge in [0, 0.05) is 6.42 Å². The quantitative estimate of drug-likeness (QED) is 0.680. The molecule has 0 saturated carbocycles. The number of nitrogens with one attached hydrogen (secondary N) is 2. The van der Waals surface area contributed by atoms with Crippen LogP contribution < -0.4 is 10.2 Å². The number of morpholine rings is 1. The Morgan fingerprint density at radius 3 is 2.52 bits per heavy atom. The summed E-state index contributed by atoms with van der Waals surface area (Å²) in [5, 5.41) is 2.80. The van der Waals surface area contributed by atoms with Crippen LogP contribution in [-0.2, 0) is 19.4 Å². The van der Waals surface area contributed by atoms with Crippen LogP contribution in [-0.4, -0.2) is 59.5 Å². The normalized spacial score (nSPS) is 16.2. The first-order valence-corrected chi connectivity index (χ1v) is 9.60. The number of amides is 1. The molecule has 1 amide bonds. The zero-order valence-corrected chi connectivity index (χ0v) is 14.3. The van der Waals surface area contributed by atoms with Crippen molar-refractivity contribution in [2.45, 2.75) is 18.2 Å². The minimum absolute atomic E-state index is 0.00530. The van der Waals surface area contributed by atoms with E-state index in [9.17, 15) is 13.2 Å². The van der Waals surface area contributed by atoms with Gasteiger partial charge in [0.05, 0.1) is 37.0 Å². The molecule has 0 unspecified atom stereocenters. The SMILES string of the molecule is Cc1ccc(S(=O)(=O)CCC(=O)NCC[NH+]2CCOCC2)cc1. The molecule has 128 valence electrons. The highest BCUT2D eigenvalue weighted by molar-refractivity contribution is 7.91. The van der Waals surface area contributed by atoms with E-state index in [-0.39, 0.29) is 23.0 Å². The highest BCUT2D eigenvalue weighted by Crippen LogP contribution is 2.12. The standard InChI is InChI=1S/C16H24N2O4S/c1-14-2-4-15(5-3-14)23(20,21)13-6-16(19)17-7-8-18-9-11-22-12-10-18/h2-5H,6-13H2,1H3,(H,17,19)/p+1. The smallest absolute Gasteiger partial charge is 0.221 e. The van der Waals surface area contributed by atoms with Crippen molar-refractivity contribution in [1.82, 2.24) is 5.32 Å². The lowest BCUT2D eigenvalue weighted by Crippen LogP contribution is -3.14. The van der Waals surface area contributed by atoms with Gasteiger partial charge in [-0.05, 0) is 19.1 Å². The first-order valence-electron chi connectivity index (χ1n) is 7.95. The molecular weight excluding hydrogens is 316 g/mol. The number of carbonyl (C=O) groups excluding carboxylic acids is 1. The Kier molecular flexibility index (Phi) is 6.56. The van der Waals surface area contributed by atoms with Crippen LogP contribution in [0.4, 0.5) is 0 Å². The van der Waals surface area contributed by atoms with E-state index >= 15 is 0 Å². The number of benzene rings is 1. The Hall–Kier alpha value is -1.44. The van der Waals surface area contributed by atoms with Gasteiger partial charge >= 0.3 is 0 Å². The van der Waals surface area contributed by atoms with Gasteiger partial charge in [0.25, 0.3) is 0 Å². The summed E-state index contributed by atoms with van der Waals surface area (Å²) in [6.45, 7) is 6.75. The topological polar surface area (TPSA) is 76.9 Å². The van der Waals surface area contributed by atoms with Crippen molar-refractivity contribution >= 4 is 15.7 Å². The molecule has 7 heteroatoms. The van der Waals surface area contributed by atoms with E-state index in [2.05, 4.69) is 5.32 Å². The number of quaternary nitrogens is 1. The van der Waals surface area contributed by atoms with E-state index in [4.69, 9.17) is 4.74 Å². The van der Waals surface area contributed by atoms with Crippen LogP contribution >= 0.6 is 0 Å². The van der Waals surface area contributed by atoms with Crippen LogP contribution in [0.25, 0.3) is 0 Å². The minimum atomic E-state index is -3.40. The molecule has 1 aromatic carbocycles. The average molecular weight is 341 g/mol. The highest BCUT2D eigenvalue weighted by Gasteiger charge is 2.17. The van der Waals surface area contributed by atoms with Gasteiger partial charge < -0.3 is 15.0 Å². The fourth-order valence-corrected chi connectivity index (χ4v) is 3.71. The van der Waals surface area contributed by atoms with E-state index in [0.29, 0.717) is 6.54 Å². The zero-order chi connectivity index (χ0) is 16.7. The summed E-state index contributed by atoms with van der Waals surface area (Å²) < 4.78 is 29.6. The Bertz CT molecular complexity index is 607. The molecule has 1 aliphatic heterocycles. The summed E-state index contributed by atoms with van der Waals surface area (Å²) in [5.74, 6) is -0.375. The molecule has 0 aliphatic carbocycles. The number of aryl methyl sites for hydroxylation is 1. The van der Waals surface area contributed by atoms with Crippen molar-refractivity contribution in [2.75, 3.05) is 45.1 Å². The van der Waals surface area contributed by atoms with Gasteiger partial charge in [-0.2, -0.15) is 0 Å². The molecule has 2 rings (SSSR count). The van der Waals surface area contributed by atoms with Crippen LogP contribution in [0.2, 0.25) is 0 Å². The summed E-state index contributed by atoms with van der Waals surface area (Å²) in [6.07, 6.45) is -0.00530. The Labute approximate surface area is 137 Å². The molecule has 0 spiro atoms. The largest absolute Gasteiger partial charge is 0.370 e. The van der Waals surface area contributed by atoms with Gasteiger partial charge in [0.15, 0.2) is 9.84 Å². The maximum atomic E-state index is 12.2. The lowest BCUT2D eigenvalue weighted by Gasteiger charge is -2.23. The summed E-state index contributed by atoms with van der Waals surface area (Å²) in [6, 6.07) is 6.70. The predicted octanol–water partition coefficient (Wildman–Crippen LogP) is -0.810. The second-order valence-corrected chi connectivity index (χ2v) is 7.95. The van der Waals surface area contributed by atoms with Crippen LogP contribution in [0.1, 0.15) is 12.0 Å². The third-order valence-corrected chi connectivity index (χ3v) is 5.71. The summed E-state index contributed by atoms with van der Waals surface area (Å²) in [5.41, 5.74) is 1.01. The monoisotopic (exact) mass is 341 g/mol. The van der Waals surface area contributed by atoms with Gasteiger partial charge in [-0.25, -0.2) is 8.42 Å². The fraction of sp³-hybridized carbons (Fsp3) is 0.562. The first kappa shape index (κ1) is 17.9. The maximum absolute atomic E-state index is 12.2. The number of carbonyl (C=O) groups is 1. The third kappa shape index (κ3) is 5.93. The van der Waals surface area contributed by atoms with Crippen molar-refractivity contribution in [3.05, 3.63) is 29.8 Å². The lowest BCUT2D eigenvalue weighted by atomic mass is 10.2. The molecule has 0 atom stereocenters. The van der Waals surface area contributed by atoms with Crippen molar-refractivity contribution in [3.63, 3.8) is 0 Å². The summed E-state index contributed by atoms with van der Waals surface area (Å²) in [7, 11) is -3.40. The number of hydrogen-bond acceptors (Lipinski definition) is 4. The second-order valence-electron chi connectivity index (χ2n) is 5.84. The predicted molar refractivity (Wildman–Crippen MR) is 87.2 cm³/mol. The minimum Gasteiger partial charge on any atom is -0.370 e. The molecule has 6 nitrogen and oxygen atoms in total. The molecular formula is C16H25N2O4S+. The maximum Gasteiger partial charge on any atom is 0.221 e. The van der Waals surface area contributed by atoms with Crippen LogP contribution in [0.5, 0.6) is 0 Å². The average Bonchev–Trinajstić information content (AvgIpc) is 2.54. The summed E-state index contributed by atoms with van der Waals surface area (Å²) in [4.78, 5) is 13.5. The number of ether oxygens (including phenoxy) is 1. The Balaban J connectivity index is 1.71. The van der Waals surface area contributed by atoms with Crippen molar-refractivity contribution in [1.29, 1.82) is 0 Å². The fourth-order valence-electron chi connectivity index (χ4n) is 2.47. The lowest BCUT2D eigenvalue weighted by molar-refractivity contribution is -0.906. The van der Waals surface area contributed by atoms with E-state index < -0.39 is 9.84 Å². The second kappa shape index (κ2) is 8.42. The van der Waals surface area contributed by atoms with Crippen LogP contribution in [0, 0.1) is 6.92 Å². The Morgan fingerprint density at radius 1 is 1.22 bits per heavy atom. The van der Waals surface area contributed by atoms with Gasteiger partial charge in [0.1, 0.15) is 13.1 Å². The van der Waals surface area contributed by atoms with Crippen LogP contribution in [0.3, 0.4) is 0 Å². The van der Waals surface area contributed by atoms with Crippen molar-refractivity contribution < 1.29 is 22.8 Å². The van der Waals surface area contributed by atoms with E-state index in [1.54, 1.807) is 24.3 Å². The van der Waals surface area contributed by atoms with E-state index in [0.717, 1.165) is 38.4 Å². The van der Waals surface area contributed by atoms with Gasteiger partial charge in [-0.3, -0.25) is 4.79 Å². The van der Waals surface area contributed by atoms with Gasteiger partial charge in [-0.15, -0.1) is 0 Å². The van der Waals surface area contributed by atoms with Crippen LogP contribution in [0.15, 0.2) is 29.2 Å². The molecule has 1 aliphatic rings. The molecule has 2 N–H and O–H groups in total. The first-order chi connectivity index (χ1) is 11.0.